The topological polar surface area (TPSA) is 57.8 Å². The van der Waals surface area contributed by atoms with Gasteiger partial charge in [-0.05, 0) is 55.5 Å². The van der Waals surface area contributed by atoms with Crippen LogP contribution in [0.25, 0.3) is 5.69 Å². The van der Waals surface area contributed by atoms with Crippen LogP contribution in [0.3, 0.4) is 0 Å². The smallest absolute Gasteiger partial charge is 0.179 e. The number of hydrogen-bond donors (Lipinski definition) is 1. The first kappa shape index (κ1) is 24.6. The highest BCUT2D eigenvalue weighted by molar-refractivity contribution is 6.52. The Morgan fingerprint density at radius 1 is 0.825 bits per heavy atom. The maximum atomic E-state index is 15.6. The number of para-hydroxylation sites is 3. The fourth-order valence-electron chi connectivity index (χ4n) is 5.25. The molecule has 5 aromatic rings. The molecule has 0 aliphatic carbocycles. The highest BCUT2D eigenvalue weighted by Crippen LogP contribution is 2.48. The second-order valence-corrected chi connectivity index (χ2v) is 10.3. The molecule has 2 aliphatic heterocycles. The van der Waals surface area contributed by atoms with E-state index in [0.29, 0.717) is 38.8 Å². The number of nitrogens with zero attached hydrogens (tertiary/aromatic N) is 5. The van der Waals surface area contributed by atoms with E-state index >= 15 is 4.39 Å². The number of aliphatic imine (C=N–C) groups is 2. The third-order valence-electron chi connectivity index (χ3n) is 7.02. The summed E-state index contributed by atoms with van der Waals surface area (Å²) in [7, 11) is 0. The first-order chi connectivity index (χ1) is 19.5. The molecule has 6 nitrogen and oxygen atoms in total. The number of anilines is 2. The van der Waals surface area contributed by atoms with Crippen LogP contribution in [-0.2, 0) is 0 Å². The zero-order valence-electron chi connectivity index (χ0n) is 21.2. The Hall–Kier alpha value is -4.46. The number of rotatable bonds is 3. The van der Waals surface area contributed by atoms with Crippen molar-refractivity contribution in [3.63, 3.8) is 0 Å². The zero-order valence-corrected chi connectivity index (χ0v) is 22.7. The molecule has 1 unspecified atom stereocenters. The van der Waals surface area contributed by atoms with Crippen molar-refractivity contribution in [2.24, 2.45) is 9.98 Å². The summed E-state index contributed by atoms with van der Waals surface area (Å²) < 4.78 is 17.4. The number of benzene rings is 4. The third kappa shape index (κ3) is 3.97. The Balaban J connectivity index is 1.50. The van der Waals surface area contributed by atoms with Crippen molar-refractivity contribution in [3.8, 4) is 5.69 Å². The van der Waals surface area contributed by atoms with E-state index in [1.165, 1.54) is 6.07 Å². The van der Waals surface area contributed by atoms with Crippen molar-refractivity contribution in [1.29, 1.82) is 0 Å². The SMILES string of the molecule is Cc1nn(-c2ccccc2)c2c1C(c1ccccc1F)N1C(=N2)C(Nc2ccc(Cl)c(Cl)c2)=Nc2ccccc21. The summed E-state index contributed by atoms with van der Waals surface area (Å²) in [6.45, 7) is 1.94. The van der Waals surface area contributed by atoms with Crippen LogP contribution in [0.1, 0.15) is 22.9 Å². The predicted octanol–water partition coefficient (Wildman–Crippen LogP) is 8.42. The average Bonchev–Trinajstić information content (AvgIpc) is 3.31. The van der Waals surface area contributed by atoms with Crippen LogP contribution in [0.4, 0.5) is 27.3 Å². The van der Waals surface area contributed by atoms with E-state index in [2.05, 4.69) is 5.32 Å². The molecule has 0 amide bonds. The van der Waals surface area contributed by atoms with Crippen molar-refractivity contribution in [2.75, 3.05) is 10.2 Å². The number of hydrogen-bond acceptors (Lipinski definition) is 5. The summed E-state index contributed by atoms with van der Waals surface area (Å²) in [6, 6.07) is 29.1. The fraction of sp³-hybridized carbons (Fsp3) is 0.0645. The lowest BCUT2D eigenvalue weighted by molar-refractivity contribution is 0.597. The number of aryl methyl sites for hydroxylation is 1. The molecule has 9 heteroatoms. The monoisotopic (exact) mass is 566 g/mol. The zero-order chi connectivity index (χ0) is 27.4. The lowest BCUT2D eigenvalue weighted by Crippen LogP contribution is -2.46. The van der Waals surface area contributed by atoms with Gasteiger partial charge < -0.3 is 10.2 Å². The minimum absolute atomic E-state index is 0.314. The second kappa shape index (κ2) is 9.62. The molecule has 0 saturated heterocycles. The van der Waals surface area contributed by atoms with Gasteiger partial charge in [0.1, 0.15) is 5.82 Å². The maximum absolute atomic E-state index is 15.6. The summed E-state index contributed by atoms with van der Waals surface area (Å²) >= 11 is 12.5. The quantitative estimate of drug-likeness (QED) is 0.238. The minimum atomic E-state index is -0.552. The molecule has 0 spiro atoms. The normalized spacial score (nSPS) is 15.5. The summed E-state index contributed by atoms with van der Waals surface area (Å²) in [5.74, 6) is 1.32. The van der Waals surface area contributed by atoms with E-state index in [0.717, 1.165) is 28.3 Å². The Kier molecular flexibility index (Phi) is 5.91. The molecule has 0 bridgehead atoms. The predicted molar refractivity (Wildman–Crippen MR) is 160 cm³/mol. The summed E-state index contributed by atoms with van der Waals surface area (Å²) in [5.41, 5.74) is 5.17. The van der Waals surface area contributed by atoms with Gasteiger partial charge in [-0.2, -0.15) is 5.10 Å². The number of halogens is 3. The molecule has 1 aromatic heterocycles. The van der Waals surface area contributed by atoms with Crippen molar-refractivity contribution in [2.45, 2.75) is 13.0 Å². The standard InChI is InChI=1S/C31H21Cl2FN6/c1-18-27-28(21-11-5-6-12-24(21)34)39-26-14-8-7-13-25(26)36-29(35-19-15-16-22(32)23(33)17-19)31(39)37-30(27)40(38-18)20-9-3-2-4-10-20/h2-17,28H,1H3,(H,35,36). The molecule has 1 atom stereocenters. The highest BCUT2D eigenvalue weighted by atomic mass is 35.5. The molecule has 196 valence electrons. The van der Waals surface area contributed by atoms with Gasteiger partial charge in [0.15, 0.2) is 17.5 Å². The van der Waals surface area contributed by atoms with Gasteiger partial charge in [0.25, 0.3) is 0 Å². The minimum Gasteiger partial charge on any atom is -0.337 e. The van der Waals surface area contributed by atoms with Gasteiger partial charge in [-0.1, -0.05) is 71.7 Å². The number of fused-ring (bicyclic) bond motifs is 4. The number of amidine groups is 2. The summed E-state index contributed by atoms with van der Waals surface area (Å²) in [6.07, 6.45) is 0. The molecule has 2 aliphatic rings. The van der Waals surface area contributed by atoms with Gasteiger partial charge in [-0.3, -0.25) is 0 Å². The summed E-state index contributed by atoms with van der Waals surface area (Å²) in [4.78, 5) is 12.1. The van der Waals surface area contributed by atoms with Crippen LogP contribution in [0.5, 0.6) is 0 Å². The van der Waals surface area contributed by atoms with Crippen molar-refractivity contribution < 1.29 is 4.39 Å². The van der Waals surface area contributed by atoms with Crippen LogP contribution >= 0.6 is 23.2 Å². The molecule has 0 saturated carbocycles. The van der Waals surface area contributed by atoms with E-state index in [9.17, 15) is 0 Å². The largest absolute Gasteiger partial charge is 0.337 e. The van der Waals surface area contributed by atoms with Crippen LogP contribution in [0, 0.1) is 12.7 Å². The van der Waals surface area contributed by atoms with Crippen molar-refractivity contribution in [1.82, 2.24) is 9.78 Å². The molecule has 40 heavy (non-hydrogen) atoms. The van der Waals surface area contributed by atoms with E-state index in [-0.39, 0.29) is 5.82 Å². The summed E-state index contributed by atoms with van der Waals surface area (Å²) in [5, 5.41) is 9.13. The first-order valence-electron chi connectivity index (χ1n) is 12.7. The molecular weight excluding hydrogens is 546 g/mol. The molecule has 0 fully saturated rings. The van der Waals surface area contributed by atoms with E-state index in [4.69, 9.17) is 38.3 Å². The Morgan fingerprint density at radius 3 is 2.38 bits per heavy atom. The van der Waals surface area contributed by atoms with Gasteiger partial charge in [-0.15, -0.1) is 0 Å². The van der Waals surface area contributed by atoms with Crippen LogP contribution < -0.4 is 10.2 Å². The first-order valence-corrected chi connectivity index (χ1v) is 13.4. The van der Waals surface area contributed by atoms with Crippen LogP contribution in [-0.4, -0.2) is 21.5 Å². The van der Waals surface area contributed by atoms with E-state index in [1.807, 2.05) is 84.6 Å². The molecule has 7 rings (SSSR count). The van der Waals surface area contributed by atoms with Gasteiger partial charge in [0, 0.05) is 16.8 Å². The lowest BCUT2D eigenvalue weighted by Gasteiger charge is -2.40. The van der Waals surface area contributed by atoms with Gasteiger partial charge in [0.2, 0.25) is 0 Å². The van der Waals surface area contributed by atoms with Crippen LogP contribution in [0.15, 0.2) is 107 Å². The fourth-order valence-corrected chi connectivity index (χ4v) is 5.55. The van der Waals surface area contributed by atoms with Gasteiger partial charge >= 0.3 is 0 Å². The van der Waals surface area contributed by atoms with Crippen molar-refractivity contribution in [3.05, 3.63) is 130 Å². The Morgan fingerprint density at radius 2 is 1.57 bits per heavy atom. The maximum Gasteiger partial charge on any atom is 0.179 e. The molecule has 4 aromatic carbocycles. The second-order valence-electron chi connectivity index (χ2n) is 9.50. The average molecular weight is 567 g/mol. The Bertz CT molecular complexity index is 1850. The molecule has 1 N–H and O–H groups in total. The van der Waals surface area contributed by atoms with E-state index in [1.54, 1.807) is 22.9 Å². The van der Waals surface area contributed by atoms with Gasteiger partial charge in [0.05, 0.1) is 38.8 Å². The lowest BCUT2D eigenvalue weighted by atomic mass is 9.93. The highest BCUT2D eigenvalue weighted by Gasteiger charge is 2.42. The molecule has 3 heterocycles. The van der Waals surface area contributed by atoms with Crippen molar-refractivity contribution >= 4 is 57.8 Å². The Labute approximate surface area is 240 Å². The molecular formula is C31H21Cl2FN6. The number of aromatic nitrogens is 2. The number of nitrogens with one attached hydrogen (secondary N) is 1. The van der Waals surface area contributed by atoms with Crippen LogP contribution in [0.2, 0.25) is 10.0 Å². The van der Waals surface area contributed by atoms with Gasteiger partial charge in [-0.25, -0.2) is 19.1 Å². The van der Waals surface area contributed by atoms with E-state index < -0.39 is 6.04 Å². The molecule has 0 radical (unpaired) electrons. The third-order valence-corrected chi connectivity index (χ3v) is 7.76.